The summed E-state index contributed by atoms with van der Waals surface area (Å²) in [6, 6.07) is -0.225. The molecule has 1 aromatic heterocycles. The van der Waals surface area contributed by atoms with Gasteiger partial charge in [0, 0.05) is 30.8 Å². The molecule has 8 heteroatoms. The van der Waals surface area contributed by atoms with Crippen molar-refractivity contribution in [2.75, 3.05) is 19.8 Å². The fourth-order valence-corrected chi connectivity index (χ4v) is 3.58. The normalized spacial score (nSPS) is 28.6. The Morgan fingerprint density at radius 2 is 1.88 bits per heavy atom. The number of amides is 1. The maximum Gasteiger partial charge on any atom is 0.410 e. The van der Waals surface area contributed by atoms with Crippen LogP contribution in [-0.2, 0) is 15.1 Å². The van der Waals surface area contributed by atoms with Gasteiger partial charge in [-0.3, -0.25) is 4.90 Å². The van der Waals surface area contributed by atoms with Gasteiger partial charge in [0.1, 0.15) is 5.60 Å². The van der Waals surface area contributed by atoms with E-state index in [1.807, 2.05) is 27.7 Å². The number of aromatic nitrogens is 2. The molecule has 0 saturated carbocycles. The van der Waals surface area contributed by atoms with Crippen molar-refractivity contribution in [3.63, 3.8) is 0 Å². The van der Waals surface area contributed by atoms with Gasteiger partial charge in [0.15, 0.2) is 0 Å². The van der Waals surface area contributed by atoms with Crippen LogP contribution in [0.15, 0.2) is 12.4 Å². The quantitative estimate of drug-likeness (QED) is 0.874. The van der Waals surface area contributed by atoms with Gasteiger partial charge in [0.2, 0.25) is 0 Å². The summed E-state index contributed by atoms with van der Waals surface area (Å²) in [7, 11) is 0. The summed E-state index contributed by atoms with van der Waals surface area (Å²) in [6.45, 7) is 8.61. The van der Waals surface area contributed by atoms with Gasteiger partial charge in [0.25, 0.3) is 0 Å². The Kier molecular flexibility index (Phi) is 5.07. The molecule has 2 unspecified atom stereocenters. The Morgan fingerprint density at radius 3 is 2.38 bits per heavy atom. The highest BCUT2D eigenvalue weighted by molar-refractivity contribution is 5.69. The van der Waals surface area contributed by atoms with Crippen LogP contribution >= 0.6 is 0 Å². The number of nitrogens with zero attached hydrogens (tertiary/aromatic N) is 3. The Morgan fingerprint density at radius 1 is 1.31 bits per heavy atom. The van der Waals surface area contributed by atoms with Crippen molar-refractivity contribution in [2.45, 2.75) is 63.8 Å². The first-order valence-electron chi connectivity index (χ1n) is 8.98. The minimum atomic E-state index is -1.11. The lowest BCUT2D eigenvalue weighted by molar-refractivity contribution is -0.141. The maximum atomic E-state index is 12.6. The molecule has 144 valence electrons. The zero-order valence-electron chi connectivity index (χ0n) is 15.8. The summed E-state index contributed by atoms with van der Waals surface area (Å²) in [5.41, 5.74) is -1.05. The standard InChI is InChI=1S/C18H27N3O5/c1-5-25-15-19-8-12(9-20-15)18(23)6-13-10-24-11-14(7-18)21(13)16(22)26-17(2,3)4/h8-9,13-14,23H,5-7,10-11H2,1-4H3. The molecule has 2 atom stereocenters. The minimum Gasteiger partial charge on any atom is -0.464 e. The summed E-state index contributed by atoms with van der Waals surface area (Å²) in [6.07, 6.45) is 3.52. The van der Waals surface area contributed by atoms with Crippen molar-refractivity contribution in [3.8, 4) is 6.01 Å². The first kappa shape index (κ1) is 18.8. The SMILES string of the molecule is CCOc1ncc(C2(O)CC3COCC(C2)N3C(=O)OC(C)(C)C)cn1. The van der Waals surface area contributed by atoms with E-state index in [2.05, 4.69) is 9.97 Å². The minimum absolute atomic E-state index is 0.256. The van der Waals surface area contributed by atoms with Gasteiger partial charge in [0.05, 0.1) is 37.5 Å². The van der Waals surface area contributed by atoms with Crippen molar-refractivity contribution < 1.29 is 24.1 Å². The van der Waals surface area contributed by atoms with Gasteiger partial charge in [-0.05, 0) is 27.7 Å². The molecular formula is C18H27N3O5. The summed E-state index contributed by atoms with van der Waals surface area (Å²) in [5.74, 6) is 0. The second-order valence-electron chi connectivity index (χ2n) is 7.86. The average molecular weight is 365 g/mol. The number of fused-ring (bicyclic) bond motifs is 2. The molecule has 2 aliphatic rings. The molecule has 26 heavy (non-hydrogen) atoms. The Hall–Kier alpha value is -1.93. The van der Waals surface area contributed by atoms with Gasteiger partial charge >= 0.3 is 12.1 Å². The van der Waals surface area contributed by atoms with E-state index in [0.717, 1.165) is 0 Å². The van der Waals surface area contributed by atoms with Crippen LogP contribution in [0.4, 0.5) is 4.79 Å². The van der Waals surface area contributed by atoms with Crippen LogP contribution in [0.3, 0.4) is 0 Å². The lowest BCUT2D eigenvalue weighted by Crippen LogP contribution is -2.63. The fraction of sp³-hybridized carbons (Fsp3) is 0.722. The molecule has 0 aliphatic carbocycles. The van der Waals surface area contributed by atoms with E-state index in [-0.39, 0.29) is 24.2 Å². The Balaban J connectivity index is 1.79. The number of aliphatic hydroxyl groups is 1. The molecule has 2 fully saturated rings. The zero-order chi connectivity index (χ0) is 18.9. The monoisotopic (exact) mass is 365 g/mol. The second-order valence-corrected chi connectivity index (χ2v) is 7.86. The van der Waals surface area contributed by atoms with Crippen LogP contribution in [-0.4, -0.2) is 63.6 Å². The highest BCUT2D eigenvalue weighted by atomic mass is 16.6. The molecule has 2 bridgehead atoms. The number of morpholine rings is 1. The number of carbonyl (C=O) groups is 1. The number of hydrogen-bond donors (Lipinski definition) is 1. The Bertz CT molecular complexity index is 629. The number of piperidine rings is 1. The molecule has 0 spiro atoms. The van der Waals surface area contributed by atoms with Crippen LogP contribution in [0.5, 0.6) is 6.01 Å². The van der Waals surface area contributed by atoms with E-state index < -0.39 is 11.2 Å². The van der Waals surface area contributed by atoms with Crippen LogP contribution in [0.2, 0.25) is 0 Å². The lowest BCUT2D eigenvalue weighted by Gasteiger charge is -2.51. The van der Waals surface area contributed by atoms with E-state index in [9.17, 15) is 9.90 Å². The molecule has 2 saturated heterocycles. The summed E-state index contributed by atoms with van der Waals surface area (Å²) < 4.78 is 16.4. The number of carbonyl (C=O) groups excluding carboxylic acids is 1. The number of ether oxygens (including phenoxy) is 3. The van der Waals surface area contributed by atoms with E-state index >= 15 is 0 Å². The predicted octanol–water partition coefficient (Wildman–Crippen LogP) is 1.86. The summed E-state index contributed by atoms with van der Waals surface area (Å²) in [5, 5.41) is 11.2. The third-order valence-corrected chi connectivity index (χ3v) is 4.60. The van der Waals surface area contributed by atoms with Gasteiger partial charge in [-0.1, -0.05) is 0 Å². The summed E-state index contributed by atoms with van der Waals surface area (Å²) in [4.78, 5) is 22.6. The highest BCUT2D eigenvalue weighted by Gasteiger charge is 2.50. The summed E-state index contributed by atoms with van der Waals surface area (Å²) >= 11 is 0. The average Bonchev–Trinajstić information content (AvgIpc) is 2.53. The molecule has 3 rings (SSSR count). The maximum absolute atomic E-state index is 12.6. The molecule has 3 heterocycles. The van der Waals surface area contributed by atoms with E-state index in [0.29, 0.717) is 38.2 Å². The van der Waals surface area contributed by atoms with Crippen molar-refractivity contribution in [3.05, 3.63) is 18.0 Å². The van der Waals surface area contributed by atoms with Crippen LogP contribution in [0.25, 0.3) is 0 Å². The van der Waals surface area contributed by atoms with Crippen molar-refractivity contribution in [1.29, 1.82) is 0 Å². The van der Waals surface area contributed by atoms with E-state index in [4.69, 9.17) is 14.2 Å². The zero-order valence-corrected chi connectivity index (χ0v) is 15.8. The van der Waals surface area contributed by atoms with E-state index in [1.54, 1.807) is 17.3 Å². The molecule has 1 N–H and O–H groups in total. The predicted molar refractivity (Wildman–Crippen MR) is 92.8 cm³/mol. The van der Waals surface area contributed by atoms with E-state index in [1.165, 1.54) is 0 Å². The first-order chi connectivity index (χ1) is 12.2. The second kappa shape index (κ2) is 7.00. The molecule has 1 amide bonds. The number of rotatable bonds is 3. The number of hydrogen-bond acceptors (Lipinski definition) is 7. The van der Waals surface area contributed by atoms with Crippen molar-refractivity contribution in [2.24, 2.45) is 0 Å². The van der Waals surface area contributed by atoms with Crippen molar-refractivity contribution in [1.82, 2.24) is 14.9 Å². The molecule has 1 aromatic rings. The van der Waals surface area contributed by atoms with Gasteiger partial charge in [-0.2, -0.15) is 0 Å². The smallest absolute Gasteiger partial charge is 0.410 e. The molecular weight excluding hydrogens is 338 g/mol. The lowest BCUT2D eigenvalue weighted by atomic mass is 9.78. The third kappa shape index (κ3) is 3.91. The molecule has 0 radical (unpaired) electrons. The molecule has 2 aliphatic heterocycles. The van der Waals surface area contributed by atoms with Crippen LogP contribution in [0.1, 0.15) is 46.1 Å². The van der Waals surface area contributed by atoms with Crippen LogP contribution in [0, 0.1) is 0 Å². The Labute approximate surface area is 153 Å². The molecule has 0 aromatic carbocycles. The van der Waals surface area contributed by atoms with Gasteiger partial charge in [-0.15, -0.1) is 0 Å². The third-order valence-electron chi connectivity index (χ3n) is 4.60. The van der Waals surface area contributed by atoms with Crippen molar-refractivity contribution >= 4 is 6.09 Å². The molecule has 8 nitrogen and oxygen atoms in total. The van der Waals surface area contributed by atoms with Gasteiger partial charge < -0.3 is 19.3 Å². The first-order valence-corrected chi connectivity index (χ1v) is 8.98. The topological polar surface area (TPSA) is 94.0 Å². The van der Waals surface area contributed by atoms with Gasteiger partial charge in [-0.25, -0.2) is 14.8 Å². The highest BCUT2D eigenvalue weighted by Crippen LogP contribution is 2.41. The fourth-order valence-electron chi connectivity index (χ4n) is 3.58. The largest absolute Gasteiger partial charge is 0.464 e. The van der Waals surface area contributed by atoms with Crippen LogP contribution < -0.4 is 4.74 Å².